The summed E-state index contributed by atoms with van der Waals surface area (Å²) in [5, 5.41) is 0. The van der Waals surface area contributed by atoms with E-state index in [4.69, 9.17) is 4.74 Å². The minimum Gasteiger partial charge on any atom is -0.497 e. The van der Waals surface area contributed by atoms with Gasteiger partial charge < -0.3 is 4.74 Å². The highest BCUT2D eigenvalue weighted by atomic mass is 32.2. The summed E-state index contributed by atoms with van der Waals surface area (Å²) < 4.78 is 33.8. The molecule has 1 N–H and O–H groups in total. The molecule has 0 saturated carbocycles. The minimum atomic E-state index is -3.67. The van der Waals surface area contributed by atoms with Crippen molar-refractivity contribution in [1.29, 1.82) is 0 Å². The van der Waals surface area contributed by atoms with Crippen molar-refractivity contribution in [2.45, 2.75) is 17.9 Å². The Balaban J connectivity index is 1.99. The van der Waals surface area contributed by atoms with E-state index < -0.39 is 16.1 Å². The van der Waals surface area contributed by atoms with Crippen molar-refractivity contribution in [1.82, 2.24) is 4.72 Å². The molecular weight excluding hydrogens is 346 g/mol. The Morgan fingerprint density at radius 1 is 0.808 bits per heavy atom. The Bertz CT molecular complexity index is 950. The zero-order valence-corrected chi connectivity index (χ0v) is 15.5. The quantitative estimate of drug-likeness (QED) is 0.714. The lowest BCUT2D eigenvalue weighted by atomic mass is 10.00. The molecule has 0 aliphatic rings. The van der Waals surface area contributed by atoms with E-state index in [0.717, 1.165) is 22.4 Å². The van der Waals surface area contributed by atoms with E-state index in [0.29, 0.717) is 0 Å². The summed E-state index contributed by atoms with van der Waals surface area (Å²) in [5.41, 5.74) is 2.72. The third-order valence-corrected chi connectivity index (χ3v) is 5.63. The fraction of sp³-hybridized carbons (Fsp3) is 0.143. The van der Waals surface area contributed by atoms with Crippen LogP contribution in [0.5, 0.6) is 5.75 Å². The van der Waals surface area contributed by atoms with Crippen LogP contribution in [0.4, 0.5) is 0 Å². The van der Waals surface area contributed by atoms with Crippen LogP contribution in [0.25, 0.3) is 0 Å². The van der Waals surface area contributed by atoms with Crippen molar-refractivity contribution < 1.29 is 13.2 Å². The van der Waals surface area contributed by atoms with Crippen molar-refractivity contribution in [2.24, 2.45) is 0 Å². The highest BCUT2D eigenvalue weighted by molar-refractivity contribution is 7.89. The first-order valence-electron chi connectivity index (χ1n) is 8.27. The summed E-state index contributed by atoms with van der Waals surface area (Å²) in [5.74, 6) is 0.724. The molecule has 5 heteroatoms. The molecular formula is C21H21NO3S. The Morgan fingerprint density at radius 2 is 1.38 bits per heavy atom. The predicted molar refractivity (Wildman–Crippen MR) is 103 cm³/mol. The van der Waals surface area contributed by atoms with Crippen LogP contribution in [0.1, 0.15) is 22.7 Å². The average molecular weight is 367 g/mol. The molecule has 4 nitrogen and oxygen atoms in total. The normalized spacial score (nSPS) is 12.5. The first kappa shape index (κ1) is 18.2. The van der Waals surface area contributed by atoms with Crippen molar-refractivity contribution in [3.8, 4) is 5.75 Å². The standard InChI is InChI=1S/C21H21NO3S/c1-16-8-14-20(15-9-16)26(23,24)22-21(17-6-4-3-5-7-17)18-10-12-19(25-2)13-11-18/h3-15,21-22H,1-2H3. The molecule has 26 heavy (non-hydrogen) atoms. The van der Waals surface area contributed by atoms with Crippen molar-refractivity contribution in [3.05, 3.63) is 95.6 Å². The Kier molecular flexibility index (Phi) is 5.40. The van der Waals surface area contributed by atoms with Gasteiger partial charge in [-0.15, -0.1) is 0 Å². The second kappa shape index (κ2) is 7.72. The maximum Gasteiger partial charge on any atom is 0.241 e. The molecule has 3 rings (SSSR count). The smallest absolute Gasteiger partial charge is 0.241 e. The van der Waals surface area contributed by atoms with Gasteiger partial charge in [0.2, 0.25) is 10.0 Å². The summed E-state index contributed by atoms with van der Waals surface area (Å²) in [6, 6.07) is 23.2. The van der Waals surface area contributed by atoms with E-state index in [1.165, 1.54) is 0 Å². The van der Waals surface area contributed by atoms with E-state index in [2.05, 4.69) is 4.72 Å². The number of methoxy groups -OCH3 is 1. The van der Waals surface area contributed by atoms with Gasteiger partial charge in [-0.2, -0.15) is 4.72 Å². The lowest BCUT2D eigenvalue weighted by Crippen LogP contribution is -2.29. The third-order valence-electron chi connectivity index (χ3n) is 4.19. The first-order valence-corrected chi connectivity index (χ1v) is 9.76. The van der Waals surface area contributed by atoms with Crippen LogP contribution < -0.4 is 9.46 Å². The van der Waals surface area contributed by atoms with E-state index in [-0.39, 0.29) is 4.90 Å². The molecule has 0 amide bonds. The number of hydrogen-bond acceptors (Lipinski definition) is 3. The van der Waals surface area contributed by atoms with Crippen LogP contribution in [0, 0.1) is 6.92 Å². The zero-order chi connectivity index (χ0) is 18.6. The van der Waals surface area contributed by atoms with Gasteiger partial charge in [0.25, 0.3) is 0 Å². The Hall–Kier alpha value is -2.63. The van der Waals surface area contributed by atoms with Crippen LogP contribution >= 0.6 is 0 Å². The van der Waals surface area contributed by atoms with E-state index >= 15 is 0 Å². The monoisotopic (exact) mass is 367 g/mol. The number of rotatable bonds is 6. The van der Waals surface area contributed by atoms with Gasteiger partial charge in [0.1, 0.15) is 5.75 Å². The van der Waals surface area contributed by atoms with Crippen LogP contribution in [0.3, 0.4) is 0 Å². The van der Waals surface area contributed by atoms with Crippen molar-refractivity contribution in [2.75, 3.05) is 7.11 Å². The highest BCUT2D eigenvalue weighted by Crippen LogP contribution is 2.26. The molecule has 1 unspecified atom stereocenters. The largest absolute Gasteiger partial charge is 0.497 e. The molecule has 0 saturated heterocycles. The van der Waals surface area contributed by atoms with Gasteiger partial charge in [-0.3, -0.25) is 0 Å². The molecule has 3 aromatic rings. The van der Waals surface area contributed by atoms with Gasteiger partial charge in [-0.25, -0.2) is 8.42 Å². The van der Waals surface area contributed by atoms with Crippen LogP contribution in [0.2, 0.25) is 0 Å². The van der Waals surface area contributed by atoms with Gasteiger partial charge in [0, 0.05) is 0 Å². The highest BCUT2D eigenvalue weighted by Gasteiger charge is 2.22. The van der Waals surface area contributed by atoms with Crippen molar-refractivity contribution >= 4 is 10.0 Å². The number of aryl methyl sites for hydroxylation is 1. The molecule has 0 fully saturated rings. The second-order valence-electron chi connectivity index (χ2n) is 6.05. The molecule has 3 aromatic carbocycles. The molecule has 0 aliphatic heterocycles. The fourth-order valence-electron chi connectivity index (χ4n) is 2.71. The number of hydrogen-bond donors (Lipinski definition) is 1. The topological polar surface area (TPSA) is 55.4 Å². The maximum absolute atomic E-state index is 12.9. The Labute approximate surface area is 154 Å². The zero-order valence-electron chi connectivity index (χ0n) is 14.7. The average Bonchev–Trinajstić information content (AvgIpc) is 2.67. The summed E-state index contributed by atoms with van der Waals surface area (Å²) in [4.78, 5) is 0.248. The first-order chi connectivity index (χ1) is 12.5. The van der Waals surface area contributed by atoms with E-state index in [1.807, 2.05) is 61.5 Å². The molecule has 0 spiro atoms. The van der Waals surface area contributed by atoms with Crippen LogP contribution in [-0.4, -0.2) is 15.5 Å². The fourth-order valence-corrected chi connectivity index (χ4v) is 3.92. The second-order valence-corrected chi connectivity index (χ2v) is 7.77. The molecule has 0 radical (unpaired) electrons. The van der Waals surface area contributed by atoms with E-state index in [9.17, 15) is 8.42 Å². The summed E-state index contributed by atoms with van der Waals surface area (Å²) >= 11 is 0. The molecule has 0 bridgehead atoms. The molecule has 1 atom stereocenters. The number of benzene rings is 3. The SMILES string of the molecule is COc1ccc(C(NS(=O)(=O)c2ccc(C)cc2)c2ccccc2)cc1. The van der Waals surface area contributed by atoms with Gasteiger partial charge in [-0.1, -0.05) is 60.2 Å². The molecule has 134 valence electrons. The number of ether oxygens (including phenoxy) is 1. The van der Waals surface area contributed by atoms with Crippen LogP contribution in [0.15, 0.2) is 83.8 Å². The minimum absolute atomic E-state index is 0.248. The number of nitrogens with one attached hydrogen (secondary N) is 1. The lowest BCUT2D eigenvalue weighted by molar-refractivity contribution is 0.414. The Morgan fingerprint density at radius 3 is 1.96 bits per heavy atom. The van der Waals surface area contributed by atoms with Gasteiger partial charge in [-0.05, 0) is 42.3 Å². The molecule has 0 aliphatic carbocycles. The van der Waals surface area contributed by atoms with Crippen LogP contribution in [-0.2, 0) is 10.0 Å². The van der Waals surface area contributed by atoms with Gasteiger partial charge in [0.05, 0.1) is 18.0 Å². The summed E-state index contributed by atoms with van der Waals surface area (Å²) in [6.45, 7) is 1.92. The third kappa shape index (κ3) is 4.12. The summed E-state index contributed by atoms with van der Waals surface area (Å²) in [6.07, 6.45) is 0. The predicted octanol–water partition coefficient (Wildman–Crippen LogP) is 4.07. The van der Waals surface area contributed by atoms with Gasteiger partial charge in [0.15, 0.2) is 0 Å². The molecule has 0 heterocycles. The van der Waals surface area contributed by atoms with Gasteiger partial charge >= 0.3 is 0 Å². The molecule has 0 aromatic heterocycles. The lowest BCUT2D eigenvalue weighted by Gasteiger charge is -2.20. The van der Waals surface area contributed by atoms with E-state index in [1.54, 1.807) is 31.4 Å². The summed E-state index contributed by atoms with van der Waals surface area (Å²) in [7, 11) is -2.07. The number of sulfonamides is 1. The maximum atomic E-state index is 12.9. The van der Waals surface area contributed by atoms with Crippen molar-refractivity contribution in [3.63, 3.8) is 0 Å².